The number of amidine groups is 2. The molecule has 15 aromatic rings. The van der Waals surface area contributed by atoms with Crippen molar-refractivity contribution in [2.24, 2.45) is 75.6 Å². The van der Waals surface area contributed by atoms with E-state index >= 15 is 0 Å². The largest absolute Gasteiger partial charge is 0.497 e. The van der Waals surface area contributed by atoms with Gasteiger partial charge in [-0.25, -0.2) is 0 Å². The molecule has 10 aromatic carbocycles. The molecular weight excluding hydrogens is 1820 g/mol. The minimum absolute atomic E-state index is 0.0719. The number of aromatic amines is 5. The number of hydrazone groups is 1. The van der Waals surface area contributed by atoms with Crippen LogP contribution in [-0.4, -0.2) is 146 Å². The summed E-state index contributed by atoms with van der Waals surface area (Å²) in [5.74, 6) is 2.72. The molecule has 0 aliphatic carbocycles. The van der Waals surface area contributed by atoms with E-state index in [1.54, 1.807) is 120 Å². The Hall–Kier alpha value is -19.0. The zero-order chi connectivity index (χ0) is 103. The number of hydrogen-bond acceptors (Lipinski definition) is 24. The summed E-state index contributed by atoms with van der Waals surface area (Å²) in [4.78, 5) is 95.9. The number of nitrogens with two attached hydrogens (primary N) is 8. The number of ether oxygens (including phenoxy) is 3. The maximum absolute atomic E-state index is 12.6. The number of anilines is 6. The molecular formula is C104H115N29O10. The highest BCUT2D eigenvalue weighted by Crippen LogP contribution is 2.30. The first-order valence-electron chi connectivity index (χ1n) is 45.2. The van der Waals surface area contributed by atoms with E-state index in [2.05, 4.69) is 113 Å². The third-order valence-corrected chi connectivity index (χ3v) is 21.6. The number of aromatic nitrogens is 5. The fourth-order valence-electron chi connectivity index (χ4n) is 14.2. The van der Waals surface area contributed by atoms with Gasteiger partial charge in [0.2, 0.25) is 11.9 Å². The third-order valence-electron chi connectivity index (χ3n) is 21.6. The predicted octanol–water partition coefficient (Wildman–Crippen LogP) is 17.0. The second-order valence-corrected chi connectivity index (χ2v) is 32.5. The third kappa shape index (κ3) is 30.8. The number of benzene rings is 10. The summed E-state index contributed by atoms with van der Waals surface area (Å²) in [5.41, 5.74) is 63.2. The summed E-state index contributed by atoms with van der Waals surface area (Å²) in [6.07, 6.45) is 7.63. The van der Waals surface area contributed by atoms with Crippen molar-refractivity contribution < 1.29 is 43.1 Å². The maximum Gasteiger partial charge on any atom is 0.293 e. The lowest BCUT2D eigenvalue weighted by molar-refractivity contribution is -0.383. The van der Waals surface area contributed by atoms with Gasteiger partial charge in [-0.2, -0.15) is 15.3 Å². The molecule has 0 saturated carbocycles. The number of methoxy groups -OCH3 is 3. The number of non-ortho nitro benzene ring substituents is 1. The predicted molar refractivity (Wildman–Crippen MR) is 574 cm³/mol. The van der Waals surface area contributed by atoms with E-state index in [0.29, 0.717) is 79.2 Å². The first kappa shape index (κ1) is 104. The minimum Gasteiger partial charge on any atom is -0.497 e. The van der Waals surface area contributed by atoms with Gasteiger partial charge in [0.1, 0.15) is 57.1 Å². The van der Waals surface area contributed by atoms with Crippen LogP contribution in [0.25, 0.3) is 54.5 Å². The molecule has 0 atom stereocenters. The van der Waals surface area contributed by atoms with E-state index in [4.69, 9.17) is 70.9 Å². The lowest BCUT2D eigenvalue weighted by Gasteiger charge is -2.07. The molecule has 2 aliphatic heterocycles. The van der Waals surface area contributed by atoms with E-state index in [0.717, 1.165) is 182 Å². The molecule has 5 amide bonds. The SMILES string of the molecule is C=C(N)N/N=C(\C)c1ccc(NC(=O)c2cc3cc(N)ccc3[nH]2)cc1.CC(=N)c1ccc(NC(=O)c2cc3cccc([N+](=O)[O-])c3[nH]2)cc1.CCC/C(=N/N=C(N)N)c1ccc(NC(=O)c2cc3cc(OC)ccc3[nH]2)cc1.CCC/C(=N/N=C(N)N)c1ccc(NC(=O)c2cc3cc(OC)ccc3[nH]2)cc1.COc1ccc2[nH]c(C(=O)Nc3ccc(C(C)=N)cc3)cc2c1.NC1=NCCC1.NC1=NCCC1. The molecule has 39 nitrogen and oxygen atoms in total. The molecule has 0 bridgehead atoms. The van der Waals surface area contributed by atoms with Gasteiger partial charge in [0, 0.05) is 127 Å². The lowest BCUT2D eigenvalue weighted by Crippen LogP contribution is -2.22. The molecule has 0 unspecified atom stereocenters. The van der Waals surface area contributed by atoms with Crippen LogP contribution in [0.15, 0.2) is 291 Å². The first-order chi connectivity index (χ1) is 68.7. The van der Waals surface area contributed by atoms with Crippen LogP contribution in [0.1, 0.15) is 166 Å². The zero-order valence-electron chi connectivity index (χ0n) is 80.2. The van der Waals surface area contributed by atoms with Crippen molar-refractivity contribution in [2.75, 3.05) is 66.7 Å². The quantitative estimate of drug-likeness (QED) is 0.00747. The van der Waals surface area contributed by atoms with Crippen molar-refractivity contribution in [1.29, 1.82) is 10.8 Å². The highest BCUT2D eigenvalue weighted by atomic mass is 16.6. The Morgan fingerprint density at radius 3 is 1.01 bits per heavy atom. The van der Waals surface area contributed by atoms with Gasteiger partial charge >= 0.3 is 0 Å². The van der Waals surface area contributed by atoms with Gasteiger partial charge in [-0.1, -0.05) is 106 Å². The van der Waals surface area contributed by atoms with Crippen LogP contribution >= 0.6 is 0 Å². The number of guanidine groups is 2. The average molecular weight is 1930 g/mol. The number of nitrogens with one attached hydrogen (secondary N) is 13. The normalized spacial score (nSPS) is 11.9. The number of carbonyl (C=O) groups is 5. The Bertz CT molecular complexity index is 7120. The summed E-state index contributed by atoms with van der Waals surface area (Å²) in [7, 11) is 4.83. The second-order valence-electron chi connectivity index (χ2n) is 32.5. The Balaban J connectivity index is 0.000000165. The average Bonchev–Trinajstić information content (AvgIpc) is 1.67. The van der Waals surface area contributed by atoms with Gasteiger partial charge in [-0.05, 0) is 238 Å². The number of hydrogen-bond donors (Lipinski definition) is 21. The second kappa shape index (κ2) is 50.7. The van der Waals surface area contributed by atoms with Crippen LogP contribution in [0, 0.1) is 20.9 Å². The molecule has 0 spiro atoms. The number of carbonyl (C=O) groups excluding carboxylic acids is 5. The molecule has 39 heteroatoms. The van der Waals surface area contributed by atoms with Crippen molar-refractivity contribution in [2.45, 2.75) is 86.0 Å². The summed E-state index contributed by atoms with van der Waals surface area (Å²) >= 11 is 0. The number of aliphatic imine (C=N–C) groups is 2. The molecule has 736 valence electrons. The highest BCUT2D eigenvalue weighted by molar-refractivity contribution is 6.12. The number of nitro groups is 1. The summed E-state index contributed by atoms with van der Waals surface area (Å²) in [6.45, 7) is 14.8. The van der Waals surface area contributed by atoms with E-state index < -0.39 is 4.92 Å². The fraction of sp³-hybridized carbons (Fsp3) is 0.173. The van der Waals surface area contributed by atoms with Gasteiger partial charge in [-0.15, -0.1) is 10.2 Å². The lowest BCUT2D eigenvalue weighted by atomic mass is 10.1. The first-order valence-corrected chi connectivity index (χ1v) is 45.2. The Kier molecular flexibility index (Phi) is 37.1. The van der Waals surface area contributed by atoms with E-state index in [1.165, 1.54) is 6.07 Å². The van der Waals surface area contributed by atoms with Gasteiger partial charge in [-0.3, -0.25) is 49.5 Å². The molecule has 0 radical (unpaired) electrons. The standard InChI is InChI=1S/2C21H24N6O2.C19H20N6O.C18H17N3O2.C17H14N4O3.2C4H8N2/c2*1-3-4-18(26-27-21(22)23)13-5-7-15(8-6-13)24-20(28)19-12-14-11-16(29-2)9-10-17(14)25-19;1-11(24-25-12(2)20)13-3-6-16(7-4-13)22-19(26)18-10-14-9-15(21)5-8-17(14)23-18;1-11(19)12-3-5-14(6-4-12)20-18(22)17-10-13-9-15(23-2)7-8-16(13)21-17;1-10(18)11-5-7-13(8-6-11)19-17(22)14-9-12-3-2-4-15(21(23)24)16(12)20-14;2*5-4-2-1-3-6-4/h2*5-12,25H,3-4H2,1-2H3,(H,24,28)(H4,22,23,27);3-10,23,25H,2,20-21H2,1H3,(H,22,26);3-10,19,21H,1-2H3,(H,20,22);2-9,18,20H,1H3,(H,19,22);2*1-3H2,(H2,5,6)/b2*26-18-;24-11+;;;;. The number of amides is 5. The van der Waals surface area contributed by atoms with Crippen molar-refractivity contribution in [3.63, 3.8) is 0 Å². The fourth-order valence-corrected chi connectivity index (χ4v) is 14.2. The Morgan fingerprint density at radius 2 is 0.727 bits per heavy atom. The van der Waals surface area contributed by atoms with Crippen LogP contribution in [0.4, 0.5) is 39.8 Å². The van der Waals surface area contributed by atoms with Crippen LogP contribution in [0.2, 0.25) is 0 Å². The van der Waals surface area contributed by atoms with Crippen molar-refractivity contribution >= 4 is 176 Å². The number of fused-ring (bicyclic) bond motifs is 5. The van der Waals surface area contributed by atoms with Crippen LogP contribution in [-0.2, 0) is 0 Å². The highest BCUT2D eigenvalue weighted by Gasteiger charge is 2.21. The summed E-state index contributed by atoms with van der Waals surface area (Å²) in [5, 5.41) is 64.4. The monoisotopic (exact) mass is 1930 g/mol. The van der Waals surface area contributed by atoms with Crippen LogP contribution in [0.3, 0.4) is 0 Å². The zero-order valence-corrected chi connectivity index (χ0v) is 80.2. The van der Waals surface area contributed by atoms with Crippen LogP contribution in [0.5, 0.6) is 17.2 Å². The van der Waals surface area contributed by atoms with Gasteiger partial charge in [0.25, 0.3) is 35.2 Å². The van der Waals surface area contributed by atoms with E-state index in [-0.39, 0.29) is 58.7 Å². The van der Waals surface area contributed by atoms with Crippen LogP contribution < -0.4 is 92.1 Å². The van der Waals surface area contributed by atoms with Gasteiger partial charge < -0.3 is 122 Å². The number of rotatable bonds is 27. The van der Waals surface area contributed by atoms with E-state index in [9.17, 15) is 34.1 Å². The number of nitrogen functional groups attached to an aromatic ring is 1. The van der Waals surface area contributed by atoms with Gasteiger partial charge in [0.05, 0.1) is 55.1 Å². The molecule has 29 N–H and O–H groups in total. The molecule has 0 saturated heterocycles. The van der Waals surface area contributed by atoms with E-state index in [1.807, 2.05) is 159 Å². The topological polar surface area (TPSA) is 650 Å². The molecule has 5 aromatic heterocycles. The molecule has 7 heterocycles. The summed E-state index contributed by atoms with van der Waals surface area (Å²) < 4.78 is 15.6. The molecule has 17 rings (SSSR count). The maximum atomic E-state index is 12.6. The summed E-state index contributed by atoms with van der Waals surface area (Å²) in [6, 6.07) is 71.9. The Morgan fingerprint density at radius 1 is 0.413 bits per heavy atom. The molecule has 2 aliphatic rings. The smallest absolute Gasteiger partial charge is 0.293 e. The number of nitrogens with zero attached hydrogens (tertiary/aromatic N) is 8. The molecule has 143 heavy (non-hydrogen) atoms. The molecule has 0 fully saturated rings. The minimum atomic E-state index is -0.487. The van der Waals surface area contributed by atoms with Crippen molar-refractivity contribution in [3.05, 3.63) is 321 Å². The van der Waals surface area contributed by atoms with Crippen molar-refractivity contribution in [3.8, 4) is 17.2 Å². The number of nitro benzene ring substituents is 1. The van der Waals surface area contributed by atoms with Gasteiger partial charge in [0.15, 0.2) is 0 Å². The number of para-hydroxylation sites is 1. The van der Waals surface area contributed by atoms with Crippen molar-refractivity contribution in [1.82, 2.24) is 30.3 Å². The Labute approximate surface area is 823 Å². The number of H-pyrrole nitrogens is 5.